The fourth-order valence-electron chi connectivity index (χ4n) is 2.82. The molecule has 4 rings (SSSR count). The lowest BCUT2D eigenvalue weighted by Gasteiger charge is -2.11. The normalized spacial score (nSPS) is 17.4. The molecule has 1 aliphatic rings. The summed E-state index contributed by atoms with van der Waals surface area (Å²) in [5.41, 5.74) is 1.52. The molecule has 8 nitrogen and oxygen atoms in total. The molecule has 0 aromatic carbocycles. The third-order valence-electron chi connectivity index (χ3n) is 4.01. The van der Waals surface area contributed by atoms with Crippen LogP contribution < -0.4 is 0 Å². The van der Waals surface area contributed by atoms with Gasteiger partial charge in [-0.3, -0.25) is 9.88 Å². The van der Waals surface area contributed by atoms with Gasteiger partial charge in [-0.25, -0.2) is 0 Å². The number of pyridine rings is 1. The molecular formula is C17H19N5O3. The highest BCUT2D eigenvalue weighted by atomic mass is 16.5. The average molecular weight is 341 g/mol. The Morgan fingerprint density at radius 1 is 1.16 bits per heavy atom. The second-order valence-corrected chi connectivity index (χ2v) is 6.12. The molecule has 0 N–H and O–H groups in total. The summed E-state index contributed by atoms with van der Waals surface area (Å²) in [6.45, 7) is 1.89. The predicted octanol–water partition coefficient (Wildman–Crippen LogP) is 2.60. The number of nitrogens with zero attached hydrogens (tertiary/aromatic N) is 5. The van der Waals surface area contributed by atoms with Crippen LogP contribution in [0.2, 0.25) is 0 Å². The quantitative estimate of drug-likeness (QED) is 0.676. The first-order chi connectivity index (χ1) is 12.3. The molecule has 0 amide bonds. The average Bonchev–Trinajstić information content (AvgIpc) is 3.37. The van der Waals surface area contributed by atoms with Gasteiger partial charge in [0.1, 0.15) is 11.8 Å². The molecule has 0 unspecified atom stereocenters. The summed E-state index contributed by atoms with van der Waals surface area (Å²) in [7, 11) is 1.96. The van der Waals surface area contributed by atoms with E-state index in [-0.39, 0.29) is 6.10 Å². The highest BCUT2D eigenvalue weighted by Gasteiger charge is 2.24. The van der Waals surface area contributed by atoms with Gasteiger partial charge in [0, 0.05) is 18.9 Å². The van der Waals surface area contributed by atoms with E-state index >= 15 is 0 Å². The maximum Gasteiger partial charge on any atom is 0.255 e. The maximum absolute atomic E-state index is 5.56. The SMILES string of the molecule is CN(Cc1noc([C@@H]2CCCO2)n1)Cc1cc(-c2ccccn2)no1. The molecule has 4 heterocycles. The Balaban J connectivity index is 1.36. The van der Waals surface area contributed by atoms with E-state index in [0.717, 1.165) is 36.6 Å². The zero-order valence-corrected chi connectivity index (χ0v) is 14.0. The summed E-state index contributed by atoms with van der Waals surface area (Å²) in [5.74, 6) is 1.96. The Morgan fingerprint density at radius 2 is 2.12 bits per heavy atom. The second kappa shape index (κ2) is 7.12. The van der Waals surface area contributed by atoms with Crippen molar-refractivity contribution in [2.24, 2.45) is 0 Å². The first-order valence-electron chi connectivity index (χ1n) is 8.27. The van der Waals surface area contributed by atoms with Gasteiger partial charge < -0.3 is 13.8 Å². The maximum atomic E-state index is 5.56. The van der Waals surface area contributed by atoms with Gasteiger partial charge >= 0.3 is 0 Å². The van der Waals surface area contributed by atoms with E-state index in [0.29, 0.717) is 24.8 Å². The number of hydrogen-bond acceptors (Lipinski definition) is 8. The van der Waals surface area contributed by atoms with Gasteiger partial charge in [0.2, 0.25) is 0 Å². The van der Waals surface area contributed by atoms with Crippen molar-refractivity contribution in [1.29, 1.82) is 0 Å². The Labute approximate surface area is 144 Å². The van der Waals surface area contributed by atoms with E-state index in [1.807, 2.05) is 36.2 Å². The fourth-order valence-corrected chi connectivity index (χ4v) is 2.82. The molecule has 8 heteroatoms. The predicted molar refractivity (Wildman–Crippen MR) is 87.1 cm³/mol. The first kappa shape index (κ1) is 15.9. The van der Waals surface area contributed by atoms with Gasteiger partial charge in [0.25, 0.3) is 5.89 Å². The largest absolute Gasteiger partial charge is 0.368 e. The molecule has 1 aliphatic heterocycles. The van der Waals surface area contributed by atoms with E-state index in [9.17, 15) is 0 Å². The monoisotopic (exact) mass is 341 g/mol. The molecule has 3 aromatic heterocycles. The minimum absolute atomic E-state index is 0.0539. The van der Waals surface area contributed by atoms with Crippen LogP contribution in [0.1, 0.15) is 36.4 Å². The zero-order chi connectivity index (χ0) is 17.1. The van der Waals surface area contributed by atoms with E-state index in [1.54, 1.807) is 6.20 Å². The summed E-state index contributed by atoms with van der Waals surface area (Å²) in [4.78, 5) is 10.7. The van der Waals surface area contributed by atoms with Crippen molar-refractivity contribution < 1.29 is 13.8 Å². The van der Waals surface area contributed by atoms with Gasteiger partial charge in [0.05, 0.1) is 18.8 Å². The molecule has 1 atom stereocenters. The van der Waals surface area contributed by atoms with Crippen LogP contribution in [-0.2, 0) is 17.8 Å². The Morgan fingerprint density at radius 3 is 2.92 bits per heavy atom. The van der Waals surface area contributed by atoms with Gasteiger partial charge in [-0.2, -0.15) is 4.98 Å². The van der Waals surface area contributed by atoms with E-state index in [4.69, 9.17) is 13.8 Å². The van der Waals surface area contributed by atoms with Crippen LogP contribution in [0.5, 0.6) is 0 Å². The summed E-state index contributed by atoms with van der Waals surface area (Å²) < 4.78 is 16.3. The first-order valence-corrected chi connectivity index (χ1v) is 8.27. The summed E-state index contributed by atoms with van der Waals surface area (Å²) in [5, 5.41) is 8.10. The van der Waals surface area contributed by atoms with Crippen molar-refractivity contribution >= 4 is 0 Å². The van der Waals surface area contributed by atoms with Crippen molar-refractivity contribution in [1.82, 2.24) is 25.2 Å². The van der Waals surface area contributed by atoms with Gasteiger partial charge in [-0.15, -0.1) is 0 Å². The van der Waals surface area contributed by atoms with Crippen LogP contribution in [-0.4, -0.2) is 38.8 Å². The Bertz CT molecular complexity index is 811. The van der Waals surface area contributed by atoms with Crippen LogP contribution in [0.15, 0.2) is 39.5 Å². The van der Waals surface area contributed by atoms with Gasteiger partial charge in [-0.05, 0) is 32.0 Å². The van der Waals surface area contributed by atoms with E-state index in [1.165, 1.54) is 0 Å². The molecule has 25 heavy (non-hydrogen) atoms. The fraction of sp³-hybridized carbons (Fsp3) is 0.412. The van der Waals surface area contributed by atoms with Crippen molar-refractivity contribution in [3.8, 4) is 11.4 Å². The zero-order valence-electron chi connectivity index (χ0n) is 14.0. The van der Waals surface area contributed by atoms with Crippen molar-refractivity contribution in [2.75, 3.05) is 13.7 Å². The van der Waals surface area contributed by atoms with Crippen molar-refractivity contribution in [3.63, 3.8) is 0 Å². The Kier molecular flexibility index (Phi) is 4.53. The van der Waals surface area contributed by atoms with Crippen LogP contribution in [0.4, 0.5) is 0 Å². The number of rotatable bonds is 6. The minimum Gasteiger partial charge on any atom is -0.368 e. The lowest BCUT2D eigenvalue weighted by atomic mass is 10.2. The molecule has 0 aliphatic carbocycles. The van der Waals surface area contributed by atoms with Crippen molar-refractivity contribution in [2.45, 2.75) is 32.0 Å². The highest BCUT2D eigenvalue weighted by molar-refractivity contribution is 5.52. The van der Waals surface area contributed by atoms with Gasteiger partial charge in [-0.1, -0.05) is 16.4 Å². The van der Waals surface area contributed by atoms with E-state index in [2.05, 4.69) is 20.3 Å². The molecule has 130 valence electrons. The van der Waals surface area contributed by atoms with Crippen molar-refractivity contribution in [3.05, 3.63) is 47.9 Å². The number of aromatic nitrogens is 4. The summed E-state index contributed by atoms with van der Waals surface area (Å²) in [6, 6.07) is 7.59. The Hall–Kier alpha value is -2.58. The standard InChI is InChI=1S/C17H19N5O3/c1-22(11-16-19-17(25-21-16)15-6-4-8-23-15)10-12-9-14(20-24-12)13-5-2-3-7-18-13/h2-3,5,7,9,15H,4,6,8,10-11H2,1H3/t15-/m0/s1. The molecule has 0 bridgehead atoms. The minimum atomic E-state index is -0.0539. The highest BCUT2D eigenvalue weighted by Crippen LogP contribution is 2.27. The molecule has 0 radical (unpaired) electrons. The van der Waals surface area contributed by atoms with Crippen LogP contribution in [0.3, 0.4) is 0 Å². The molecule has 1 saturated heterocycles. The smallest absolute Gasteiger partial charge is 0.255 e. The van der Waals surface area contributed by atoms with E-state index < -0.39 is 0 Å². The molecular weight excluding hydrogens is 322 g/mol. The summed E-state index contributed by atoms with van der Waals surface area (Å²) >= 11 is 0. The summed E-state index contributed by atoms with van der Waals surface area (Å²) in [6.07, 6.45) is 3.65. The lowest BCUT2D eigenvalue weighted by Crippen LogP contribution is -2.17. The molecule has 1 fully saturated rings. The van der Waals surface area contributed by atoms with Crippen LogP contribution in [0, 0.1) is 0 Å². The topological polar surface area (TPSA) is 90.3 Å². The van der Waals surface area contributed by atoms with Crippen LogP contribution >= 0.6 is 0 Å². The molecule has 0 spiro atoms. The second-order valence-electron chi connectivity index (χ2n) is 6.12. The van der Waals surface area contributed by atoms with Crippen LogP contribution in [0.25, 0.3) is 11.4 Å². The number of ether oxygens (including phenoxy) is 1. The third kappa shape index (κ3) is 3.75. The molecule has 3 aromatic rings. The number of hydrogen-bond donors (Lipinski definition) is 0. The molecule has 0 saturated carbocycles. The third-order valence-corrected chi connectivity index (χ3v) is 4.01. The van der Waals surface area contributed by atoms with Gasteiger partial charge in [0.15, 0.2) is 11.6 Å². The lowest BCUT2D eigenvalue weighted by molar-refractivity contribution is 0.0835.